The van der Waals surface area contributed by atoms with Crippen LogP contribution < -0.4 is 15.4 Å². The van der Waals surface area contributed by atoms with E-state index in [0.29, 0.717) is 42.4 Å². The second kappa shape index (κ2) is 13.5. The molecule has 1 aromatic rings. The van der Waals surface area contributed by atoms with E-state index in [2.05, 4.69) is 26.6 Å². The van der Waals surface area contributed by atoms with Gasteiger partial charge in [-0.2, -0.15) is 0 Å². The molecule has 1 unspecified atom stereocenters. The predicted molar refractivity (Wildman–Crippen MR) is 130 cm³/mol. The zero-order valence-electron chi connectivity index (χ0n) is 19.0. The number of hydrogen-bond acceptors (Lipinski definition) is 7. The summed E-state index contributed by atoms with van der Waals surface area (Å²) in [4.78, 5) is 39.2. The molecule has 1 saturated heterocycles. The molecule has 0 bridgehead atoms. The van der Waals surface area contributed by atoms with Crippen LogP contribution in [0.1, 0.15) is 37.0 Å². The summed E-state index contributed by atoms with van der Waals surface area (Å²) in [5, 5.41) is 5.44. The van der Waals surface area contributed by atoms with E-state index in [4.69, 9.17) is 26.4 Å². The summed E-state index contributed by atoms with van der Waals surface area (Å²) in [6.07, 6.45) is 0.574. The Balaban J connectivity index is 2.07. The molecule has 1 aliphatic heterocycles. The van der Waals surface area contributed by atoms with Crippen LogP contribution in [0, 0.1) is 5.92 Å². The van der Waals surface area contributed by atoms with Crippen LogP contribution in [0.25, 0.3) is 0 Å². The number of ether oxygens (including phenoxy) is 3. The Morgan fingerprint density at radius 2 is 2.06 bits per heavy atom. The number of benzene rings is 1. The Morgan fingerprint density at radius 3 is 2.76 bits per heavy atom. The fourth-order valence-corrected chi connectivity index (χ4v) is 3.74. The third-order valence-electron chi connectivity index (χ3n) is 4.86. The fraction of sp³-hybridized carbons (Fsp3) is 0.545. The molecule has 0 radical (unpaired) electrons. The van der Waals surface area contributed by atoms with Gasteiger partial charge in [-0.05, 0) is 42.8 Å². The summed E-state index contributed by atoms with van der Waals surface area (Å²) in [5.74, 6) is -0.547. The number of piperazine rings is 1. The third kappa shape index (κ3) is 8.56. The molecule has 0 saturated carbocycles. The molecular weight excluding hydrogens is 514 g/mol. The number of methoxy groups -OCH3 is 1. The average molecular weight is 544 g/mol. The van der Waals surface area contributed by atoms with Crippen molar-refractivity contribution in [2.45, 2.75) is 32.7 Å². The molecule has 33 heavy (non-hydrogen) atoms. The predicted octanol–water partition coefficient (Wildman–Crippen LogP) is 2.27. The maximum absolute atomic E-state index is 13.0. The van der Waals surface area contributed by atoms with Crippen LogP contribution in [-0.4, -0.2) is 73.9 Å². The number of thiocarbonyl (C=S) groups is 1. The highest BCUT2D eigenvalue weighted by Gasteiger charge is 2.34. The molecular formula is C22H30BrN3O6S. The molecule has 1 fully saturated rings. The van der Waals surface area contributed by atoms with E-state index in [-0.39, 0.29) is 29.6 Å². The van der Waals surface area contributed by atoms with Gasteiger partial charge in [0.1, 0.15) is 18.4 Å². The Morgan fingerprint density at radius 1 is 1.30 bits per heavy atom. The van der Waals surface area contributed by atoms with Crippen molar-refractivity contribution in [3.8, 4) is 5.75 Å². The molecule has 0 spiro atoms. The van der Waals surface area contributed by atoms with E-state index < -0.39 is 17.9 Å². The molecule has 11 heteroatoms. The van der Waals surface area contributed by atoms with Crippen molar-refractivity contribution in [3.05, 3.63) is 28.2 Å². The van der Waals surface area contributed by atoms with Crippen LogP contribution in [0.15, 0.2) is 22.7 Å². The minimum atomic E-state index is -0.863. The first-order valence-corrected chi connectivity index (χ1v) is 11.9. The quantitative estimate of drug-likeness (QED) is 0.263. The largest absolute Gasteiger partial charge is 0.490 e. The summed E-state index contributed by atoms with van der Waals surface area (Å²) >= 11 is 8.78. The van der Waals surface area contributed by atoms with Gasteiger partial charge in [0.05, 0.1) is 25.2 Å². The number of halogens is 1. The van der Waals surface area contributed by atoms with Gasteiger partial charge in [-0.1, -0.05) is 29.8 Å². The van der Waals surface area contributed by atoms with Crippen molar-refractivity contribution >= 4 is 51.0 Å². The normalized spacial score (nSPS) is 15.7. The molecule has 0 aromatic heterocycles. The van der Waals surface area contributed by atoms with Gasteiger partial charge in [0, 0.05) is 24.7 Å². The van der Waals surface area contributed by atoms with Gasteiger partial charge in [-0.15, -0.1) is 0 Å². The lowest BCUT2D eigenvalue weighted by Gasteiger charge is -2.36. The molecule has 1 atom stereocenters. The Labute approximate surface area is 207 Å². The van der Waals surface area contributed by atoms with Crippen molar-refractivity contribution in [1.82, 2.24) is 15.5 Å². The van der Waals surface area contributed by atoms with E-state index in [9.17, 15) is 14.4 Å². The van der Waals surface area contributed by atoms with Crippen LogP contribution in [0.2, 0.25) is 0 Å². The summed E-state index contributed by atoms with van der Waals surface area (Å²) in [6, 6.07) is 4.18. The first-order valence-electron chi connectivity index (χ1n) is 10.7. The van der Waals surface area contributed by atoms with E-state index >= 15 is 0 Å². The number of carbonyl (C=O) groups is 3. The molecule has 1 heterocycles. The zero-order valence-corrected chi connectivity index (χ0v) is 21.4. The smallest absolute Gasteiger partial charge is 0.308 e. The summed E-state index contributed by atoms with van der Waals surface area (Å²) in [7, 11) is 1.56. The van der Waals surface area contributed by atoms with Crippen LogP contribution >= 0.6 is 28.1 Å². The Bertz CT molecular complexity index is 867. The van der Waals surface area contributed by atoms with Gasteiger partial charge in [0.2, 0.25) is 5.91 Å². The fourth-order valence-electron chi connectivity index (χ4n) is 3.06. The lowest BCUT2D eigenvalue weighted by atomic mass is 10.1. The molecule has 9 nitrogen and oxygen atoms in total. The highest BCUT2D eigenvalue weighted by Crippen LogP contribution is 2.23. The zero-order chi connectivity index (χ0) is 24.4. The molecule has 0 aliphatic carbocycles. The molecule has 182 valence electrons. The number of hydrogen-bond donors (Lipinski definition) is 2. The summed E-state index contributed by atoms with van der Waals surface area (Å²) < 4.78 is 16.6. The van der Waals surface area contributed by atoms with Gasteiger partial charge < -0.3 is 24.4 Å². The lowest BCUT2D eigenvalue weighted by molar-refractivity contribution is -0.147. The van der Waals surface area contributed by atoms with Crippen LogP contribution in [0.4, 0.5) is 0 Å². The molecule has 2 N–H and O–H groups in total. The minimum absolute atomic E-state index is 0.0534. The number of carbonyl (C=O) groups excluding carboxylic acids is 3. The number of amides is 2. The highest BCUT2D eigenvalue weighted by molar-refractivity contribution is 9.10. The van der Waals surface area contributed by atoms with Gasteiger partial charge in [0.15, 0.2) is 5.11 Å². The molecule has 1 aromatic carbocycles. The number of nitrogens with one attached hydrogen (secondary N) is 2. The van der Waals surface area contributed by atoms with Crippen molar-refractivity contribution in [3.63, 3.8) is 0 Å². The molecule has 1 aliphatic rings. The first-order chi connectivity index (χ1) is 15.7. The molecule has 2 amide bonds. The number of esters is 1. The topological polar surface area (TPSA) is 106 Å². The Hall–Kier alpha value is -2.24. The van der Waals surface area contributed by atoms with E-state index in [1.807, 2.05) is 13.8 Å². The third-order valence-corrected chi connectivity index (χ3v) is 5.69. The average Bonchev–Trinajstić information content (AvgIpc) is 2.75. The second-order valence-electron chi connectivity index (χ2n) is 7.85. The van der Waals surface area contributed by atoms with Gasteiger partial charge in [0.25, 0.3) is 5.91 Å². The first kappa shape index (κ1) is 27.0. The number of rotatable bonds is 10. The maximum Gasteiger partial charge on any atom is 0.308 e. The number of nitrogens with zero attached hydrogens (tertiary/aromatic N) is 1. The molecule has 2 rings (SSSR count). The minimum Gasteiger partial charge on any atom is -0.490 e. The Kier molecular flexibility index (Phi) is 11.0. The summed E-state index contributed by atoms with van der Waals surface area (Å²) in [6.45, 7) is 5.69. The summed E-state index contributed by atoms with van der Waals surface area (Å²) in [5.41, 5.74) is 0.272. The van der Waals surface area contributed by atoms with E-state index in [1.165, 1.54) is 0 Å². The van der Waals surface area contributed by atoms with Crippen molar-refractivity contribution in [1.29, 1.82) is 0 Å². The van der Waals surface area contributed by atoms with Crippen LogP contribution in [-0.2, 0) is 19.1 Å². The van der Waals surface area contributed by atoms with Gasteiger partial charge >= 0.3 is 5.97 Å². The second-order valence-corrected chi connectivity index (χ2v) is 9.15. The van der Waals surface area contributed by atoms with Crippen LogP contribution in [0.3, 0.4) is 0 Å². The van der Waals surface area contributed by atoms with Crippen molar-refractivity contribution < 1.29 is 28.6 Å². The van der Waals surface area contributed by atoms with Crippen molar-refractivity contribution in [2.24, 2.45) is 5.92 Å². The SMILES string of the molecule is COCCOc1ccc(Br)cc1C(=O)NC(=S)N1CCNC(=O)C1CC(=O)OCCC(C)C. The highest BCUT2D eigenvalue weighted by atomic mass is 79.9. The van der Waals surface area contributed by atoms with Gasteiger partial charge in [-0.25, -0.2) is 0 Å². The monoisotopic (exact) mass is 543 g/mol. The maximum atomic E-state index is 13.0. The van der Waals surface area contributed by atoms with E-state index in [1.54, 1.807) is 30.2 Å². The van der Waals surface area contributed by atoms with Crippen molar-refractivity contribution in [2.75, 3.05) is 40.0 Å². The lowest BCUT2D eigenvalue weighted by Crippen LogP contribution is -2.60. The van der Waals surface area contributed by atoms with E-state index in [0.717, 1.165) is 6.42 Å². The van der Waals surface area contributed by atoms with Crippen LogP contribution in [0.5, 0.6) is 5.75 Å². The standard InChI is InChI=1S/C22H30BrN3O6S/c1-14(2)6-9-32-19(27)13-17-21(29)24-7-8-26(17)22(33)25-20(28)16-12-15(23)4-5-18(16)31-11-10-30-3/h4-5,12,14,17H,6-11,13H2,1-3H3,(H,24,29)(H,25,28,33). The van der Waals surface area contributed by atoms with Gasteiger partial charge in [-0.3, -0.25) is 19.7 Å².